The second-order valence-corrected chi connectivity index (χ2v) is 5.76. The minimum absolute atomic E-state index is 0.0117. The first-order valence-corrected chi connectivity index (χ1v) is 7.18. The molecule has 0 radical (unpaired) electrons. The van der Waals surface area contributed by atoms with Crippen LogP contribution in [0.2, 0.25) is 0 Å². The van der Waals surface area contributed by atoms with Crippen LogP contribution in [0.4, 0.5) is 0 Å². The zero-order valence-electron chi connectivity index (χ0n) is 12.1. The molecule has 1 atom stereocenters. The second-order valence-electron chi connectivity index (χ2n) is 5.76. The fraction of sp³-hybridized carbons (Fsp3) is 0.625. The highest BCUT2D eigenvalue weighted by atomic mass is 16.5. The first kappa shape index (κ1) is 14.4. The number of ether oxygens (including phenoxy) is 1. The van der Waals surface area contributed by atoms with E-state index in [2.05, 4.69) is 24.1 Å². The van der Waals surface area contributed by atoms with Gasteiger partial charge >= 0.3 is 0 Å². The van der Waals surface area contributed by atoms with E-state index in [1.165, 1.54) is 12.0 Å². The fourth-order valence-corrected chi connectivity index (χ4v) is 3.13. The van der Waals surface area contributed by atoms with Crippen LogP contribution in [0.1, 0.15) is 25.3 Å². The van der Waals surface area contributed by atoms with Crippen LogP contribution in [0.3, 0.4) is 0 Å². The van der Waals surface area contributed by atoms with E-state index in [4.69, 9.17) is 4.74 Å². The van der Waals surface area contributed by atoms with Crippen LogP contribution in [-0.2, 0) is 6.42 Å². The van der Waals surface area contributed by atoms with E-state index in [1.807, 2.05) is 19.1 Å². The molecule has 0 saturated carbocycles. The number of hydrogen-bond donors (Lipinski definition) is 1. The van der Waals surface area contributed by atoms with Crippen molar-refractivity contribution in [3.8, 4) is 5.75 Å². The van der Waals surface area contributed by atoms with Crippen molar-refractivity contribution in [3.63, 3.8) is 0 Å². The molecule has 2 rings (SSSR count). The van der Waals surface area contributed by atoms with Gasteiger partial charge in [0.25, 0.3) is 0 Å². The molecule has 1 aliphatic heterocycles. The van der Waals surface area contributed by atoms with Gasteiger partial charge in [0.05, 0.1) is 13.2 Å². The number of hydrogen-bond acceptors (Lipinski definition) is 3. The highest BCUT2D eigenvalue weighted by Gasteiger charge is 2.33. The quantitative estimate of drug-likeness (QED) is 0.885. The topological polar surface area (TPSA) is 32.7 Å². The third-order valence-corrected chi connectivity index (χ3v) is 3.98. The molecule has 19 heavy (non-hydrogen) atoms. The van der Waals surface area contributed by atoms with Crippen molar-refractivity contribution in [3.05, 3.63) is 29.8 Å². The van der Waals surface area contributed by atoms with Crippen LogP contribution in [0.25, 0.3) is 0 Å². The number of nitrogens with zero attached hydrogens (tertiary/aromatic N) is 1. The maximum Gasteiger partial charge on any atom is 0.119 e. The Hall–Kier alpha value is -1.06. The lowest BCUT2D eigenvalue weighted by atomic mass is 9.76. The molecule has 0 spiro atoms. The molecule has 0 bridgehead atoms. The lowest BCUT2D eigenvalue weighted by Gasteiger charge is -2.40. The van der Waals surface area contributed by atoms with Crippen molar-refractivity contribution in [1.82, 2.24) is 4.90 Å². The monoisotopic (exact) mass is 263 g/mol. The van der Waals surface area contributed by atoms with Gasteiger partial charge in [0.2, 0.25) is 0 Å². The summed E-state index contributed by atoms with van der Waals surface area (Å²) in [5, 5.41) is 9.84. The highest BCUT2D eigenvalue weighted by molar-refractivity contribution is 5.29. The maximum absolute atomic E-state index is 9.84. The van der Waals surface area contributed by atoms with Crippen molar-refractivity contribution in [2.75, 3.05) is 33.4 Å². The summed E-state index contributed by atoms with van der Waals surface area (Å²) in [6.07, 6.45) is 3.20. The Kier molecular flexibility index (Phi) is 4.83. The summed E-state index contributed by atoms with van der Waals surface area (Å²) < 4.78 is 5.55. The molecule has 0 aliphatic carbocycles. The molecule has 3 nitrogen and oxygen atoms in total. The van der Waals surface area contributed by atoms with Gasteiger partial charge < -0.3 is 14.7 Å². The zero-order chi connectivity index (χ0) is 13.7. The number of rotatable bonds is 5. The summed E-state index contributed by atoms with van der Waals surface area (Å²) in [7, 11) is 2.14. The summed E-state index contributed by atoms with van der Waals surface area (Å²) in [5.41, 5.74) is 1.27. The lowest BCUT2D eigenvalue weighted by Crippen LogP contribution is -2.44. The molecule has 1 fully saturated rings. The van der Waals surface area contributed by atoms with E-state index in [-0.39, 0.29) is 12.0 Å². The van der Waals surface area contributed by atoms with E-state index < -0.39 is 0 Å². The third kappa shape index (κ3) is 3.71. The first-order valence-electron chi connectivity index (χ1n) is 7.18. The summed E-state index contributed by atoms with van der Waals surface area (Å²) in [6, 6.07) is 8.27. The second kappa shape index (κ2) is 6.40. The summed E-state index contributed by atoms with van der Waals surface area (Å²) in [5.74, 6) is 0.928. The summed E-state index contributed by atoms with van der Waals surface area (Å²) in [4.78, 5) is 2.33. The van der Waals surface area contributed by atoms with Crippen LogP contribution < -0.4 is 4.74 Å². The molecule has 1 saturated heterocycles. The number of likely N-dealkylation sites (tertiary alicyclic amines) is 1. The molecule has 1 aromatic carbocycles. The minimum atomic E-state index is 0.0117. The minimum Gasteiger partial charge on any atom is -0.494 e. The van der Waals surface area contributed by atoms with Gasteiger partial charge in [-0.05, 0) is 57.5 Å². The molecule has 106 valence electrons. The van der Waals surface area contributed by atoms with Crippen molar-refractivity contribution in [2.24, 2.45) is 5.41 Å². The summed E-state index contributed by atoms with van der Waals surface area (Å²) >= 11 is 0. The van der Waals surface area contributed by atoms with Gasteiger partial charge in [-0.1, -0.05) is 12.1 Å². The van der Waals surface area contributed by atoms with E-state index in [9.17, 15) is 5.11 Å². The zero-order valence-corrected chi connectivity index (χ0v) is 12.1. The van der Waals surface area contributed by atoms with Gasteiger partial charge in [0.1, 0.15) is 5.75 Å². The molecule has 0 amide bonds. The van der Waals surface area contributed by atoms with Crippen LogP contribution in [0, 0.1) is 5.41 Å². The van der Waals surface area contributed by atoms with Crippen LogP contribution >= 0.6 is 0 Å². The first-order chi connectivity index (χ1) is 9.17. The Balaban J connectivity index is 2.11. The van der Waals surface area contributed by atoms with E-state index in [1.54, 1.807) is 0 Å². The van der Waals surface area contributed by atoms with Gasteiger partial charge in [-0.2, -0.15) is 0 Å². The average molecular weight is 263 g/mol. The Morgan fingerprint density at radius 2 is 2.26 bits per heavy atom. The predicted octanol–water partition coefficient (Wildman–Crippen LogP) is 2.33. The molecule has 3 heteroatoms. The Bertz CT molecular complexity index is 407. The molecule has 1 unspecified atom stereocenters. The summed E-state index contributed by atoms with van der Waals surface area (Å²) in [6.45, 7) is 5.06. The standard InChI is InChI=1S/C16H25NO2/c1-3-19-15-7-4-6-14(10-15)11-16(13-18)8-5-9-17(2)12-16/h4,6-7,10,18H,3,5,8-9,11-13H2,1-2H3. The number of benzene rings is 1. The Morgan fingerprint density at radius 3 is 2.95 bits per heavy atom. The lowest BCUT2D eigenvalue weighted by molar-refractivity contribution is 0.0438. The van der Waals surface area contributed by atoms with Gasteiger partial charge in [-0.3, -0.25) is 0 Å². The van der Waals surface area contributed by atoms with E-state index >= 15 is 0 Å². The molecule has 1 heterocycles. The van der Waals surface area contributed by atoms with Crippen molar-refractivity contribution in [1.29, 1.82) is 0 Å². The van der Waals surface area contributed by atoms with Gasteiger partial charge in [0.15, 0.2) is 0 Å². The molecular weight excluding hydrogens is 238 g/mol. The van der Waals surface area contributed by atoms with Crippen LogP contribution in [0.15, 0.2) is 24.3 Å². The average Bonchev–Trinajstić information content (AvgIpc) is 2.39. The Labute approximate surface area is 116 Å². The van der Waals surface area contributed by atoms with Gasteiger partial charge in [0, 0.05) is 12.0 Å². The van der Waals surface area contributed by atoms with Crippen molar-refractivity contribution >= 4 is 0 Å². The highest BCUT2D eigenvalue weighted by Crippen LogP contribution is 2.33. The number of aliphatic hydroxyl groups excluding tert-OH is 1. The molecule has 1 aliphatic rings. The third-order valence-electron chi connectivity index (χ3n) is 3.98. The number of aliphatic hydroxyl groups is 1. The van der Waals surface area contributed by atoms with Crippen LogP contribution in [-0.4, -0.2) is 43.4 Å². The molecule has 0 aromatic heterocycles. The largest absolute Gasteiger partial charge is 0.494 e. The molecule has 1 aromatic rings. The number of piperidine rings is 1. The molecular formula is C16H25NO2. The van der Waals surface area contributed by atoms with Gasteiger partial charge in [-0.25, -0.2) is 0 Å². The van der Waals surface area contributed by atoms with E-state index in [0.717, 1.165) is 31.7 Å². The van der Waals surface area contributed by atoms with Crippen molar-refractivity contribution < 1.29 is 9.84 Å². The Morgan fingerprint density at radius 1 is 1.42 bits per heavy atom. The van der Waals surface area contributed by atoms with Gasteiger partial charge in [-0.15, -0.1) is 0 Å². The predicted molar refractivity (Wildman–Crippen MR) is 77.6 cm³/mol. The smallest absolute Gasteiger partial charge is 0.119 e. The fourth-order valence-electron chi connectivity index (χ4n) is 3.13. The molecule has 1 N–H and O–H groups in total. The van der Waals surface area contributed by atoms with Crippen molar-refractivity contribution in [2.45, 2.75) is 26.2 Å². The normalized spacial score (nSPS) is 24.4. The maximum atomic E-state index is 9.84. The van der Waals surface area contributed by atoms with E-state index in [0.29, 0.717) is 6.61 Å². The SMILES string of the molecule is CCOc1cccc(CC2(CO)CCCN(C)C2)c1. The van der Waals surface area contributed by atoms with Crippen LogP contribution in [0.5, 0.6) is 5.75 Å².